The third-order valence-electron chi connectivity index (χ3n) is 2.48. The molecular weight excluding hydrogens is 247 g/mol. The molecule has 1 aromatic rings. The quantitative estimate of drug-likeness (QED) is 0.799. The number of methoxy groups -OCH3 is 2. The molecule has 0 fully saturated rings. The van der Waals surface area contributed by atoms with Crippen LogP contribution in [0.1, 0.15) is 11.1 Å². The smallest absolute Gasteiger partial charge is 0.355 e. The van der Waals surface area contributed by atoms with Crippen LogP contribution in [0.2, 0.25) is 0 Å². The third kappa shape index (κ3) is 4.29. The molecule has 0 radical (unpaired) electrons. The Balaban J connectivity index is 2.62. The van der Waals surface area contributed by atoms with Gasteiger partial charge in [0.2, 0.25) is 0 Å². The molecule has 1 N–H and O–H groups in total. The van der Waals surface area contributed by atoms with E-state index in [1.165, 1.54) is 26.4 Å². The van der Waals surface area contributed by atoms with Crippen LogP contribution >= 0.6 is 0 Å². The van der Waals surface area contributed by atoms with Crippen molar-refractivity contribution >= 4 is 0 Å². The van der Waals surface area contributed by atoms with Gasteiger partial charge in [-0.05, 0) is 11.6 Å². The molecule has 0 aliphatic heterocycles. The topological polar surface area (TPSA) is 30.5 Å². The Morgan fingerprint density at radius 3 is 2.33 bits per heavy atom. The molecule has 1 rings (SSSR count). The summed E-state index contributed by atoms with van der Waals surface area (Å²) in [5, 5.41) is 2.87. The van der Waals surface area contributed by atoms with Gasteiger partial charge in [0.25, 0.3) is 0 Å². The zero-order chi connectivity index (χ0) is 13.6. The van der Waals surface area contributed by atoms with E-state index in [0.717, 1.165) is 6.07 Å². The van der Waals surface area contributed by atoms with Crippen LogP contribution in [0.3, 0.4) is 0 Å². The summed E-state index contributed by atoms with van der Waals surface area (Å²) in [7, 11) is 2.94. The van der Waals surface area contributed by atoms with Crippen LogP contribution < -0.4 is 5.32 Å². The zero-order valence-corrected chi connectivity index (χ0v) is 10.3. The van der Waals surface area contributed by atoms with Crippen LogP contribution in [0, 0.1) is 0 Å². The number of nitrogens with one attached hydrogen (secondary N) is 1. The van der Waals surface area contributed by atoms with E-state index in [4.69, 9.17) is 9.47 Å². The Hall–Kier alpha value is -1.11. The van der Waals surface area contributed by atoms with E-state index in [1.54, 1.807) is 6.07 Å². The SMILES string of the molecule is COC(CNCc1ccccc1C(F)(F)F)OC. The second kappa shape index (κ2) is 6.72. The molecule has 0 saturated carbocycles. The van der Waals surface area contributed by atoms with Gasteiger partial charge < -0.3 is 14.8 Å². The molecule has 102 valence electrons. The molecule has 0 bridgehead atoms. The highest BCUT2D eigenvalue weighted by Crippen LogP contribution is 2.31. The maximum atomic E-state index is 12.7. The lowest BCUT2D eigenvalue weighted by molar-refractivity contribution is -0.138. The maximum absolute atomic E-state index is 12.7. The Bertz CT molecular complexity index is 365. The predicted octanol–water partition coefficient (Wildman–Crippen LogP) is 2.41. The first-order chi connectivity index (χ1) is 8.49. The van der Waals surface area contributed by atoms with E-state index in [-0.39, 0.29) is 12.1 Å². The zero-order valence-electron chi connectivity index (χ0n) is 10.3. The first-order valence-corrected chi connectivity index (χ1v) is 5.40. The third-order valence-corrected chi connectivity index (χ3v) is 2.48. The van der Waals surface area contributed by atoms with E-state index in [1.807, 2.05) is 0 Å². The Kier molecular flexibility index (Phi) is 5.58. The fraction of sp³-hybridized carbons (Fsp3) is 0.500. The van der Waals surface area contributed by atoms with Gasteiger partial charge in [0.15, 0.2) is 6.29 Å². The maximum Gasteiger partial charge on any atom is 0.416 e. The lowest BCUT2D eigenvalue weighted by Gasteiger charge is -2.16. The Morgan fingerprint density at radius 2 is 1.78 bits per heavy atom. The molecule has 0 atom stereocenters. The van der Waals surface area contributed by atoms with Crippen molar-refractivity contribution in [1.29, 1.82) is 0 Å². The van der Waals surface area contributed by atoms with Crippen LogP contribution in [0.25, 0.3) is 0 Å². The summed E-state index contributed by atoms with van der Waals surface area (Å²) in [5.41, 5.74) is -0.417. The molecule has 0 saturated heterocycles. The summed E-state index contributed by atoms with van der Waals surface area (Å²) < 4.78 is 47.9. The molecule has 0 heterocycles. The van der Waals surface area contributed by atoms with Gasteiger partial charge in [0, 0.05) is 27.3 Å². The summed E-state index contributed by atoms with van der Waals surface area (Å²) >= 11 is 0. The van der Waals surface area contributed by atoms with Crippen LogP contribution in [0.4, 0.5) is 13.2 Å². The van der Waals surface area contributed by atoms with Crippen molar-refractivity contribution in [2.75, 3.05) is 20.8 Å². The normalized spacial score (nSPS) is 12.1. The van der Waals surface area contributed by atoms with Crippen molar-refractivity contribution in [2.45, 2.75) is 19.0 Å². The molecule has 0 spiro atoms. The molecule has 0 amide bonds. The summed E-state index contributed by atoms with van der Waals surface area (Å²) in [6.07, 6.45) is -4.80. The summed E-state index contributed by atoms with van der Waals surface area (Å²) in [4.78, 5) is 0. The van der Waals surface area contributed by atoms with Gasteiger partial charge in [-0.25, -0.2) is 0 Å². The van der Waals surface area contributed by atoms with E-state index in [2.05, 4.69) is 5.32 Å². The van der Waals surface area contributed by atoms with Gasteiger partial charge >= 0.3 is 6.18 Å². The van der Waals surface area contributed by atoms with Gasteiger partial charge in [-0.15, -0.1) is 0 Å². The number of hydrogen-bond donors (Lipinski definition) is 1. The second-order valence-corrected chi connectivity index (χ2v) is 3.69. The number of halogens is 3. The first kappa shape index (κ1) is 14.9. The van der Waals surface area contributed by atoms with E-state index < -0.39 is 18.0 Å². The minimum Gasteiger partial charge on any atom is -0.355 e. The molecule has 1 aromatic carbocycles. The van der Waals surface area contributed by atoms with E-state index in [9.17, 15) is 13.2 Å². The van der Waals surface area contributed by atoms with Gasteiger partial charge in [0.05, 0.1) is 5.56 Å². The van der Waals surface area contributed by atoms with E-state index in [0.29, 0.717) is 6.54 Å². The second-order valence-electron chi connectivity index (χ2n) is 3.69. The number of rotatable bonds is 6. The standard InChI is InChI=1S/C12H16F3NO2/c1-17-11(18-2)8-16-7-9-5-3-4-6-10(9)12(13,14)15/h3-6,11,16H,7-8H2,1-2H3. The van der Waals surface area contributed by atoms with E-state index >= 15 is 0 Å². The highest BCUT2D eigenvalue weighted by Gasteiger charge is 2.32. The van der Waals surface area contributed by atoms with Gasteiger partial charge in [-0.2, -0.15) is 13.2 Å². The van der Waals surface area contributed by atoms with Crippen molar-refractivity contribution in [1.82, 2.24) is 5.32 Å². The highest BCUT2D eigenvalue weighted by atomic mass is 19.4. The molecule has 6 heteroatoms. The van der Waals surface area contributed by atoms with Crippen LogP contribution in [0.5, 0.6) is 0 Å². The van der Waals surface area contributed by atoms with Gasteiger partial charge in [0.1, 0.15) is 0 Å². The predicted molar refractivity (Wildman–Crippen MR) is 61.0 cm³/mol. The van der Waals surface area contributed by atoms with Crippen molar-refractivity contribution in [3.8, 4) is 0 Å². The molecule has 0 aliphatic rings. The monoisotopic (exact) mass is 263 g/mol. The van der Waals surface area contributed by atoms with Crippen LogP contribution in [0.15, 0.2) is 24.3 Å². The highest BCUT2D eigenvalue weighted by molar-refractivity contribution is 5.29. The number of benzene rings is 1. The largest absolute Gasteiger partial charge is 0.416 e. The molecular formula is C12H16F3NO2. The lowest BCUT2D eigenvalue weighted by atomic mass is 10.1. The lowest BCUT2D eigenvalue weighted by Crippen LogP contribution is -2.30. The minimum atomic E-state index is -4.33. The van der Waals surface area contributed by atoms with Crippen LogP contribution in [-0.2, 0) is 22.2 Å². The van der Waals surface area contributed by atoms with Crippen molar-refractivity contribution < 1.29 is 22.6 Å². The fourth-order valence-corrected chi connectivity index (χ4v) is 1.54. The Morgan fingerprint density at radius 1 is 1.17 bits per heavy atom. The summed E-state index contributed by atoms with van der Waals surface area (Å²) in [6, 6.07) is 5.47. The number of alkyl halides is 3. The number of ether oxygens (including phenoxy) is 2. The van der Waals surface area contributed by atoms with Crippen molar-refractivity contribution in [2.24, 2.45) is 0 Å². The van der Waals surface area contributed by atoms with Gasteiger partial charge in [-0.1, -0.05) is 18.2 Å². The average molecular weight is 263 g/mol. The molecule has 18 heavy (non-hydrogen) atoms. The fourth-order valence-electron chi connectivity index (χ4n) is 1.54. The molecule has 3 nitrogen and oxygen atoms in total. The molecule has 0 aromatic heterocycles. The van der Waals surface area contributed by atoms with Crippen molar-refractivity contribution in [3.05, 3.63) is 35.4 Å². The molecule has 0 unspecified atom stereocenters. The summed E-state index contributed by atoms with van der Waals surface area (Å²) in [5.74, 6) is 0. The first-order valence-electron chi connectivity index (χ1n) is 5.40. The summed E-state index contributed by atoms with van der Waals surface area (Å²) in [6.45, 7) is 0.429. The Labute approximate surface area is 104 Å². The average Bonchev–Trinajstić information content (AvgIpc) is 2.34. The van der Waals surface area contributed by atoms with Crippen molar-refractivity contribution in [3.63, 3.8) is 0 Å². The van der Waals surface area contributed by atoms with Gasteiger partial charge in [-0.3, -0.25) is 0 Å². The minimum absolute atomic E-state index is 0.110. The number of hydrogen-bond acceptors (Lipinski definition) is 3. The molecule has 0 aliphatic carbocycles. The van der Waals surface area contributed by atoms with Crippen LogP contribution in [-0.4, -0.2) is 27.1 Å².